The number of fused-ring (bicyclic) bond motifs is 1. The van der Waals surface area contributed by atoms with Gasteiger partial charge in [0.25, 0.3) is 0 Å². The van der Waals surface area contributed by atoms with E-state index in [2.05, 4.69) is 62.1 Å². The molecule has 130 valence electrons. The van der Waals surface area contributed by atoms with Crippen LogP contribution in [0.2, 0.25) is 26.2 Å². The maximum Gasteiger partial charge on any atom is -0.0809 e. The third kappa shape index (κ3) is 14.3. The topological polar surface area (TPSA) is 35.5 Å². The van der Waals surface area contributed by atoms with Gasteiger partial charge < -0.3 is 8.54 Å². The van der Waals surface area contributed by atoms with E-state index in [0.717, 1.165) is 27.0 Å². The van der Waals surface area contributed by atoms with Gasteiger partial charge in [-0.15, -0.1) is 54.5 Å². The first-order valence-electron chi connectivity index (χ1n) is 6.88. The van der Waals surface area contributed by atoms with Gasteiger partial charge in [-0.05, 0) is 33.1 Å². The van der Waals surface area contributed by atoms with Crippen LogP contribution in [-0.4, -0.2) is 24.2 Å². The van der Waals surface area contributed by atoms with E-state index >= 15 is 0 Å². The summed E-state index contributed by atoms with van der Waals surface area (Å²) < 4.78 is 19.3. The van der Waals surface area contributed by atoms with Crippen molar-refractivity contribution >= 4 is 53.2 Å². The molecule has 0 amide bonds. The van der Waals surface area contributed by atoms with Gasteiger partial charge in [0, 0.05) is 6.61 Å². The van der Waals surface area contributed by atoms with Crippen molar-refractivity contribution < 1.29 is 32.3 Å². The molecule has 2 aromatic carbocycles. The summed E-state index contributed by atoms with van der Waals surface area (Å²) in [6, 6.07) is 14.7. The van der Waals surface area contributed by atoms with E-state index < -0.39 is 17.6 Å². The second kappa shape index (κ2) is 15.8. The summed E-state index contributed by atoms with van der Waals surface area (Å²) in [6.45, 7) is 11.4. The van der Waals surface area contributed by atoms with Crippen LogP contribution < -0.4 is 0 Å². The Hall–Kier alpha value is 0.278. The molecule has 0 heterocycles. The van der Waals surface area contributed by atoms with Crippen LogP contribution in [0.15, 0.2) is 42.5 Å². The number of rotatable bonds is 4. The summed E-state index contributed by atoms with van der Waals surface area (Å²) in [7, 11) is -2.27. The molecule has 0 aliphatic carbocycles. The van der Waals surface area contributed by atoms with E-state index in [1.54, 1.807) is 0 Å². The zero-order chi connectivity index (χ0) is 16.3. The van der Waals surface area contributed by atoms with E-state index in [-0.39, 0.29) is 24.8 Å². The third-order valence-electron chi connectivity index (χ3n) is 2.35. The van der Waals surface area contributed by atoms with Crippen molar-refractivity contribution in [3.8, 4) is 0 Å². The Balaban J connectivity index is -0.000000291. The Bertz CT molecular complexity index is 476. The maximum atomic E-state index is 8.25. The second-order valence-electron chi connectivity index (χ2n) is 5.29. The predicted molar refractivity (Wildman–Crippen MR) is 102 cm³/mol. The summed E-state index contributed by atoms with van der Waals surface area (Å²) in [5.41, 5.74) is 0. The zero-order valence-electron chi connectivity index (χ0n) is 14.3. The third-order valence-corrected chi connectivity index (χ3v) is 6.64. The molecule has 8 heteroatoms. The fourth-order valence-electron chi connectivity index (χ4n) is 1.73. The van der Waals surface area contributed by atoms with E-state index in [9.17, 15) is 0 Å². The molecule has 2 aromatic rings. The van der Waals surface area contributed by atoms with Gasteiger partial charge in [0.15, 0.2) is 8.32 Å². The average molecular weight is 429 g/mol. The Kier molecular flexibility index (Phi) is 19.3. The van der Waals surface area contributed by atoms with Gasteiger partial charge in [-0.3, -0.25) is 0 Å². The monoisotopic (exact) mass is 428 g/mol. The van der Waals surface area contributed by atoms with Crippen LogP contribution in [-0.2, 0) is 32.3 Å². The maximum absolute atomic E-state index is 8.25. The summed E-state index contributed by atoms with van der Waals surface area (Å²) >= 11 is 0.750. The molecular formula is C15H26Cl2O3Si2Ti. The van der Waals surface area contributed by atoms with Crippen molar-refractivity contribution in [1.82, 2.24) is 0 Å². The minimum Gasteiger partial charge on any atom is -0.168 e. The number of benzene rings is 1. The zero-order valence-corrected chi connectivity index (χ0v) is 19.5. The molecule has 0 aliphatic heterocycles. The predicted octanol–water partition coefficient (Wildman–Crippen LogP) is 5.27. The molecule has 0 saturated heterocycles. The Labute approximate surface area is 167 Å². The van der Waals surface area contributed by atoms with Crippen molar-refractivity contribution in [2.75, 3.05) is 6.61 Å². The summed E-state index contributed by atoms with van der Waals surface area (Å²) in [6.07, 6.45) is 0. The number of hydrogen-bond donors (Lipinski definition) is 0. The first-order chi connectivity index (χ1) is 9.92. The molecule has 0 bridgehead atoms. The molecule has 0 saturated carbocycles. The van der Waals surface area contributed by atoms with E-state index in [0.29, 0.717) is 0 Å². The SMILES string of the molecule is CCO[Si](C)O[Si](C)(C)C.Cl.Cl.[O]=[Ti+].c1ccc2[cH-]ccc2c1. The quantitative estimate of drug-likeness (QED) is 0.491. The van der Waals surface area contributed by atoms with Gasteiger partial charge in [-0.25, -0.2) is 0 Å². The summed E-state index contributed by atoms with van der Waals surface area (Å²) in [5.74, 6) is 0. The van der Waals surface area contributed by atoms with Crippen LogP contribution in [0.1, 0.15) is 6.92 Å². The van der Waals surface area contributed by atoms with Crippen LogP contribution >= 0.6 is 24.8 Å². The van der Waals surface area contributed by atoms with Gasteiger partial charge in [0.1, 0.15) is 0 Å². The normalized spacial score (nSPS) is 9.74. The molecule has 0 unspecified atom stereocenters. The standard InChI is InChI=1S/C9H7.C6H17O2Si2.2ClH.O.Ti/c1-2-5-9-7-3-6-8(9)4-1;1-6-7-9(2)8-10(3,4)5;;;;/h1-7H;6H2,1-5H3;2*1H;;/q-1;;;;;+1. The van der Waals surface area contributed by atoms with Crippen LogP contribution in [0.4, 0.5) is 0 Å². The van der Waals surface area contributed by atoms with Crippen LogP contribution in [0.25, 0.3) is 10.8 Å². The molecule has 0 aliphatic rings. The van der Waals surface area contributed by atoms with E-state index in [4.69, 9.17) is 11.9 Å². The molecule has 0 fully saturated rings. The second-order valence-corrected chi connectivity index (χ2v) is 11.6. The molecule has 0 atom stereocenters. The van der Waals surface area contributed by atoms with Gasteiger partial charge in [-0.2, -0.15) is 17.5 Å². The number of halogens is 2. The first kappa shape index (κ1) is 28.1. The molecule has 3 nitrogen and oxygen atoms in total. The van der Waals surface area contributed by atoms with E-state index in [1.807, 2.05) is 13.5 Å². The smallest absolute Gasteiger partial charge is 0.0809 e. The fraction of sp³-hybridized carbons (Fsp3) is 0.400. The molecule has 1 radical (unpaired) electrons. The Morgan fingerprint density at radius 1 is 1.13 bits per heavy atom. The Morgan fingerprint density at radius 3 is 2.17 bits per heavy atom. The van der Waals surface area contributed by atoms with Gasteiger partial charge in [0.05, 0.1) is 0 Å². The molecule has 2 rings (SSSR count). The van der Waals surface area contributed by atoms with Crippen molar-refractivity contribution in [2.45, 2.75) is 33.1 Å². The van der Waals surface area contributed by atoms with Crippen molar-refractivity contribution in [3.05, 3.63) is 42.5 Å². The average Bonchev–Trinajstić information content (AvgIpc) is 2.88. The minimum atomic E-state index is -1.34. The van der Waals surface area contributed by atoms with Gasteiger partial charge in [-0.1, -0.05) is 6.07 Å². The van der Waals surface area contributed by atoms with E-state index in [1.165, 1.54) is 10.8 Å². The number of hydrogen-bond acceptors (Lipinski definition) is 3. The van der Waals surface area contributed by atoms with Crippen LogP contribution in [0.5, 0.6) is 0 Å². The van der Waals surface area contributed by atoms with Crippen molar-refractivity contribution in [1.29, 1.82) is 0 Å². The van der Waals surface area contributed by atoms with Crippen LogP contribution in [0.3, 0.4) is 0 Å². The van der Waals surface area contributed by atoms with Gasteiger partial charge in [0.2, 0.25) is 0 Å². The Morgan fingerprint density at radius 2 is 1.70 bits per heavy atom. The summed E-state index contributed by atoms with van der Waals surface area (Å²) in [4.78, 5) is 0. The van der Waals surface area contributed by atoms with Crippen LogP contribution in [0, 0.1) is 0 Å². The molecule has 0 N–H and O–H groups in total. The summed E-state index contributed by atoms with van der Waals surface area (Å²) in [5, 5.41) is 2.66. The van der Waals surface area contributed by atoms with Crippen molar-refractivity contribution in [2.24, 2.45) is 0 Å². The molecule has 0 aromatic heterocycles. The fourth-order valence-corrected chi connectivity index (χ4v) is 5.83. The molecule has 23 heavy (non-hydrogen) atoms. The van der Waals surface area contributed by atoms with Gasteiger partial charge >= 0.3 is 33.0 Å². The first-order valence-corrected chi connectivity index (χ1v) is 12.7. The van der Waals surface area contributed by atoms with Crippen molar-refractivity contribution in [3.63, 3.8) is 0 Å². The molecule has 0 spiro atoms. The molecular weight excluding hydrogens is 403 g/mol. The largest absolute Gasteiger partial charge is 0.168 e. The minimum absolute atomic E-state index is 0.